The van der Waals surface area contributed by atoms with Gasteiger partial charge in [-0.05, 0) is 63.2 Å². The Labute approximate surface area is 250 Å². The molecule has 0 unspecified atom stereocenters. The van der Waals surface area contributed by atoms with E-state index in [9.17, 15) is 9.18 Å². The third-order valence-electron chi connectivity index (χ3n) is 7.65. The molecular formula is C31H36ClFN8O. The Morgan fingerprint density at radius 3 is 2.45 bits per heavy atom. The summed E-state index contributed by atoms with van der Waals surface area (Å²) in [5.74, 6) is -1.11. The third-order valence-corrected chi connectivity index (χ3v) is 8.14. The van der Waals surface area contributed by atoms with Crippen LogP contribution >= 0.6 is 11.6 Å². The van der Waals surface area contributed by atoms with E-state index in [0.717, 1.165) is 54.4 Å². The zero-order valence-corrected chi connectivity index (χ0v) is 25.0. The average Bonchev–Trinajstić information content (AvgIpc) is 3.42. The summed E-state index contributed by atoms with van der Waals surface area (Å²) in [4.78, 5) is 17.9. The fourth-order valence-corrected chi connectivity index (χ4v) is 5.23. The summed E-state index contributed by atoms with van der Waals surface area (Å²) in [5.41, 5.74) is 16.9. The maximum absolute atomic E-state index is 14.3. The molecule has 220 valence electrons. The van der Waals surface area contributed by atoms with Gasteiger partial charge >= 0.3 is 0 Å². The second kappa shape index (κ2) is 11.7. The lowest BCUT2D eigenvalue weighted by Crippen LogP contribution is -2.44. The van der Waals surface area contributed by atoms with Crippen LogP contribution in [0.1, 0.15) is 46.6 Å². The standard InChI is InChI=1S/C31H36ClFN8O/c1-19-28(32)24(17-25(34)29(19)33)30(42)36-26-16-23(9-10-27(26)40-13-11-39(4)12-14-40)41-18-22(37-38-41)15-20-5-7-21(8-6-20)31(2,3)35/h5-10,16-18H,11-15,34-35H2,1-4H3,(H,36,42). The highest BCUT2D eigenvalue weighted by Gasteiger charge is 2.22. The summed E-state index contributed by atoms with van der Waals surface area (Å²) in [7, 11) is 2.09. The van der Waals surface area contributed by atoms with Crippen molar-refractivity contribution in [2.45, 2.75) is 32.7 Å². The van der Waals surface area contributed by atoms with Gasteiger partial charge in [-0.25, -0.2) is 9.07 Å². The van der Waals surface area contributed by atoms with E-state index in [4.69, 9.17) is 23.1 Å². The van der Waals surface area contributed by atoms with Crippen molar-refractivity contribution in [1.29, 1.82) is 0 Å². The molecule has 1 aromatic heterocycles. The summed E-state index contributed by atoms with van der Waals surface area (Å²) >= 11 is 6.36. The molecule has 5 N–H and O–H groups in total. The zero-order valence-electron chi connectivity index (χ0n) is 24.3. The number of benzene rings is 3. The van der Waals surface area contributed by atoms with Crippen LogP contribution in [0.3, 0.4) is 0 Å². The van der Waals surface area contributed by atoms with E-state index in [2.05, 4.69) is 44.6 Å². The van der Waals surface area contributed by atoms with E-state index in [1.807, 2.05) is 50.4 Å². The number of piperazine rings is 1. The molecule has 2 heterocycles. The molecule has 0 spiro atoms. The number of nitrogen functional groups attached to an aromatic ring is 1. The number of likely N-dealkylation sites (N-methyl/N-ethyl adjacent to an activating group) is 1. The monoisotopic (exact) mass is 590 g/mol. The summed E-state index contributed by atoms with van der Waals surface area (Å²) in [6, 6.07) is 15.2. The van der Waals surface area contributed by atoms with Crippen LogP contribution in [0, 0.1) is 12.7 Å². The van der Waals surface area contributed by atoms with Crippen molar-refractivity contribution in [1.82, 2.24) is 19.9 Å². The van der Waals surface area contributed by atoms with Gasteiger partial charge in [0.2, 0.25) is 0 Å². The van der Waals surface area contributed by atoms with E-state index >= 15 is 0 Å². The Bertz CT molecular complexity index is 1600. The minimum absolute atomic E-state index is 0.0282. The first-order chi connectivity index (χ1) is 19.9. The topological polar surface area (TPSA) is 118 Å². The lowest BCUT2D eigenvalue weighted by atomic mass is 9.94. The van der Waals surface area contributed by atoms with Gasteiger partial charge < -0.3 is 26.6 Å². The molecule has 9 nitrogen and oxygen atoms in total. The predicted octanol–water partition coefficient (Wildman–Crippen LogP) is 4.74. The maximum atomic E-state index is 14.3. The van der Waals surface area contributed by atoms with Crippen molar-refractivity contribution in [3.63, 3.8) is 0 Å². The second-order valence-electron chi connectivity index (χ2n) is 11.5. The van der Waals surface area contributed by atoms with E-state index < -0.39 is 17.3 Å². The molecule has 11 heteroatoms. The molecule has 42 heavy (non-hydrogen) atoms. The maximum Gasteiger partial charge on any atom is 0.257 e. The van der Waals surface area contributed by atoms with Gasteiger partial charge in [-0.2, -0.15) is 0 Å². The fraction of sp³-hybridized carbons (Fsp3) is 0.323. The van der Waals surface area contributed by atoms with E-state index in [1.165, 1.54) is 13.0 Å². The van der Waals surface area contributed by atoms with Crippen LogP contribution in [-0.4, -0.2) is 59.0 Å². The first-order valence-electron chi connectivity index (χ1n) is 13.8. The van der Waals surface area contributed by atoms with Gasteiger partial charge in [0.1, 0.15) is 0 Å². The molecular weight excluding hydrogens is 555 g/mol. The highest BCUT2D eigenvalue weighted by atomic mass is 35.5. The van der Waals surface area contributed by atoms with E-state index in [-0.39, 0.29) is 21.8 Å². The number of carbonyl (C=O) groups is 1. The van der Waals surface area contributed by atoms with Crippen molar-refractivity contribution < 1.29 is 9.18 Å². The Kier molecular flexibility index (Phi) is 8.23. The number of rotatable bonds is 7. The Hall–Kier alpha value is -3.99. The molecule has 1 amide bonds. The van der Waals surface area contributed by atoms with Gasteiger partial charge in [-0.15, -0.1) is 5.10 Å². The van der Waals surface area contributed by atoms with Crippen LogP contribution in [0.4, 0.5) is 21.5 Å². The number of nitrogens with zero attached hydrogens (tertiary/aromatic N) is 5. The van der Waals surface area contributed by atoms with Crippen molar-refractivity contribution in [3.8, 4) is 5.69 Å². The SMILES string of the molecule is Cc1c(F)c(N)cc(C(=O)Nc2cc(-n3cc(Cc4ccc(C(C)(C)N)cc4)nn3)ccc2N2CCN(C)CC2)c1Cl. The lowest BCUT2D eigenvalue weighted by molar-refractivity contribution is 0.102. The largest absolute Gasteiger partial charge is 0.396 e. The molecule has 3 aromatic carbocycles. The molecule has 1 aliphatic rings. The van der Waals surface area contributed by atoms with E-state index in [1.54, 1.807) is 4.68 Å². The number of anilines is 3. The van der Waals surface area contributed by atoms with Crippen molar-refractivity contribution in [2.75, 3.05) is 49.2 Å². The summed E-state index contributed by atoms with van der Waals surface area (Å²) < 4.78 is 16.0. The van der Waals surface area contributed by atoms with Crippen molar-refractivity contribution in [3.05, 3.63) is 93.5 Å². The summed E-state index contributed by atoms with van der Waals surface area (Å²) in [6.45, 7) is 8.84. The van der Waals surface area contributed by atoms with Crippen molar-refractivity contribution in [2.24, 2.45) is 5.73 Å². The molecule has 0 saturated carbocycles. The summed E-state index contributed by atoms with van der Waals surface area (Å²) in [5, 5.41) is 11.8. The number of amides is 1. The minimum Gasteiger partial charge on any atom is -0.396 e. The number of nitrogens with two attached hydrogens (primary N) is 2. The van der Waals surface area contributed by atoms with Crippen LogP contribution in [0.2, 0.25) is 5.02 Å². The molecule has 5 rings (SSSR count). The van der Waals surface area contributed by atoms with Gasteiger partial charge in [0, 0.05) is 43.7 Å². The number of halogens is 2. The molecule has 4 aromatic rings. The number of nitrogens with one attached hydrogen (secondary N) is 1. The quantitative estimate of drug-likeness (QED) is 0.266. The van der Waals surface area contributed by atoms with E-state index in [0.29, 0.717) is 12.1 Å². The van der Waals surface area contributed by atoms with Gasteiger partial charge in [0.25, 0.3) is 5.91 Å². The molecule has 1 aliphatic heterocycles. The number of hydrogen-bond donors (Lipinski definition) is 3. The van der Waals surface area contributed by atoms with Gasteiger partial charge in [-0.3, -0.25) is 4.79 Å². The Morgan fingerprint density at radius 2 is 1.79 bits per heavy atom. The normalized spacial score (nSPS) is 14.3. The predicted molar refractivity (Wildman–Crippen MR) is 166 cm³/mol. The Balaban J connectivity index is 1.43. The van der Waals surface area contributed by atoms with Gasteiger partial charge in [0.05, 0.1) is 45.2 Å². The van der Waals surface area contributed by atoms with Crippen LogP contribution in [0.25, 0.3) is 5.69 Å². The highest BCUT2D eigenvalue weighted by Crippen LogP contribution is 2.32. The first-order valence-corrected chi connectivity index (χ1v) is 14.2. The lowest BCUT2D eigenvalue weighted by Gasteiger charge is -2.35. The van der Waals surface area contributed by atoms with Crippen molar-refractivity contribution >= 4 is 34.6 Å². The average molecular weight is 591 g/mol. The number of hydrogen-bond acceptors (Lipinski definition) is 7. The number of aromatic nitrogens is 3. The molecule has 0 bridgehead atoms. The first kappa shape index (κ1) is 29.5. The van der Waals surface area contributed by atoms with Crippen LogP contribution in [-0.2, 0) is 12.0 Å². The molecule has 1 saturated heterocycles. The highest BCUT2D eigenvalue weighted by molar-refractivity contribution is 6.35. The third kappa shape index (κ3) is 6.25. The fourth-order valence-electron chi connectivity index (χ4n) is 5.01. The number of carbonyl (C=O) groups excluding carboxylic acids is 1. The second-order valence-corrected chi connectivity index (χ2v) is 11.8. The van der Waals surface area contributed by atoms with Crippen LogP contribution in [0.15, 0.2) is 54.7 Å². The molecule has 1 fully saturated rings. The minimum atomic E-state index is -0.627. The zero-order chi connectivity index (χ0) is 30.2. The molecule has 0 radical (unpaired) electrons. The van der Waals surface area contributed by atoms with Gasteiger partial charge in [-0.1, -0.05) is 41.1 Å². The Morgan fingerprint density at radius 1 is 1.10 bits per heavy atom. The molecule has 0 aliphatic carbocycles. The van der Waals surface area contributed by atoms with Gasteiger partial charge in [0.15, 0.2) is 5.82 Å². The summed E-state index contributed by atoms with van der Waals surface area (Å²) in [6.07, 6.45) is 2.48. The van der Waals surface area contributed by atoms with Crippen LogP contribution < -0.4 is 21.7 Å². The smallest absolute Gasteiger partial charge is 0.257 e. The molecule has 0 atom stereocenters. The van der Waals surface area contributed by atoms with Crippen LogP contribution in [0.5, 0.6) is 0 Å².